The largest absolute Gasteiger partial charge is 0.416 e. The standard InChI is InChI=1S/C22H22F3N5O2S2/c1-14-4-2-3-5-16(14)27-20-28-29-21(34-20)33-13-19(31)26-17-12-15(22(23,24)25)6-7-18(17)30-8-10-32-11-9-30/h2-7,12H,8-11,13H2,1H3,(H,26,31)(H,27,28). The van der Waals surface area contributed by atoms with Crippen LogP contribution >= 0.6 is 23.1 Å². The van der Waals surface area contributed by atoms with Crippen molar-refractivity contribution in [3.63, 3.8) is 0 Å². The molecule has 0 unspecified atom stereocenters. The highest BCUT2D eigenvalue weighted by Crippen LogP contribution is 2.36. The quantitative estimate of drug-likeness (QED) is 0.425. The molecule has 34 heavy (non-hydrogen) atoms. The van der Waals surface area contributed by atoms with Crippen LogP contribution in [0.2, 0.25) is 0 Å². The summed E-state index contributed by atoms with van der Waals surface area (Å²) in [7, 11) is 0. The molecule has 2 aromatic carbocycles. The van der Waals surface area contributed by atoms with Gasteiger partial charge in [0.2, 0.25) is 11.0 Å². The van der Waals surface area contributed by atoms with E-state index in [2.05, 4.69) is 20.8 Å². The van der Waals surface area contributed by atoms with Gasteiger partial charge in [0.05, 0.1) is 35.9 Å². The molecule has 1 aliphatic heterocycles. The molecule has 1 saturated heterocycles. The summed E-state index contributed by atoms with van der Waals surface area (Å²) in [5.41, 5.74) is 1.82. The Morgan fingerprint density at radius 2 is 1.91 bits per heavy atom. The van der Waals surface area contributed by atoms with Crippen LogP contribution in [-0.2, 0) is 15.7 Å². The number of alkyl halides is 3. The third-order valence-electron chi connectivity index (χ3n) is 5.07. The van der Waals surface area contributed by atoms with Gasteiger partial charge in [-0.1, -0.05) is 41.3 Å². The predicted octanol–water partition coefficient (Wildman–Crippen LogP) is 5.18. The molecular formula is C22H22F3N5O2S2. The molecule has 0 radical (unpaired) electrons. The summed E-state index contributed by atoms with van der Waals surface area (Å²) >= 11 is 2.47. The molecule has 0 spiro atoms. The molecule has 0 atom stereocenters. The van der Waals surface area contributed by atoms with E-state index in [1.165, 1.54) is 29.2 Å². The van der Waals surface area contributed by atoms with Gasteiger partial charge in [-0.15, -0.1) is 10.2 Å². The Balaban J connectivity index is 1.41. The predicted molar refractivity (Wildman–Crippen MR) is 128 cm³/mol. The zero-order chi connectivity index (χ0) is 24.1. The minimum absolute atomic E-state index is 0.0161. The number of hydrogen-bond donors (Lipinski definition) is 2. The Labute approximate surface area is 202 Å². The lowest BCUT2D eigenvalue weighted by atomic mass is 10.1. The van der Waals surface area contributed by atoms with Crippen LogP contribution in [0.4, 0.5) is 35.4 Å². The molecule has 0 bridgehead atoms. The van der Waals surface area contributed by atoms with Gasteiger partial charge in [0.1, 0.15) is 0 Å². The maximum atomic E-state index is 13.3. The molecule has 1 fully saturated rings. The summed E-state index contributed by atoms with van der Waals surface area (Å²) in [5.74, 6) is -0.444. The smallest absolute Gasteiger partial charge is 0.378 e. The fraction of sp³-hybridized carbons (Fsp3) is 0.318. The molecule has 2 N–H and O–H groups in total. The van der Waals surface area contributed by atoms with E-state index in [-0.39, 0.29) is 11.4 Å². The van der Waals surface area contributed by atoms with Crippen LogP contribution in [0, 0.1) is 6.92 Å². The second-order valence-electron chi connectivity index (χ2n) is 7.48. The van der Waals surface area contributed by atoms with E-state index < -0.39 is 17.6 Å². The van der Waals surface area contributed by atoms with E-state index in [9.17, 15) is 18.0 Å². The number of amides is 1. The summed E-state index contributed by atoms with van der Waals surface area (Å²) in [6.45, 7) is 3.98. The Morgan fingerprint density at radius 1 is 1.15 bits per heavy atom. The monoisotopic (exact) mass is 509 g/mol. The summed E-state index contributed by atoms with van der Waals surface area (Å²) in [6.07, 6.45) is -4.51. The van der Waals surface area contributed by atoms with E-state index in [0.29, 0.717) is 41.5 Å². The van der Waals surface area contributed by atoms with E-state index in [1.807, 2.05) is 36.1 Å². The maximum Gasteiger partial charge on any atom is 0.416 e. The van der Waals surface area contributed by atoms with Gasteiger partial charge in [0.15, 0.2) is 4.34 Å². The molecule has 4 rings (SSSR count). The first-order chi connectivity index (χ1) is 16.3. The highest BCUT2D eigenvalue weighted by Gasteiger charge is 2.32. The van der Waals surface area contributed by atoms with Gasteiger partial charge in [-0.3, -0.25) is 4.79 Å². The van der Waals surface area contributed by atoms with Gasteiger partial charge in [-0.05, 0) is 36.8 Å². The SMILES string of the molecule is Cc1ccccc1Nc1nnc(SCC(=O)Nc2cc(C(F)(F)F)ccc2N2CCOCC2)s1. The van der Waals surface area contributed by atoms with Crippen molar-refractivity contribution >= 4 is 51.2 Å². The second kappa shape index (κ2) is 10.6. The van der Waals surface area contributed by atoms with Crippen LogP contribution < -0.4 is 15.5 Å². The van der Waals surface area contributed by atoms with Gasteiger partial charge >= 0.3 is 6.18 Å². The van der Waals surface area contributed by atoms with Crippen LogP contribution in [0.5, 0.6) is 0 Å². The van der Waals surface area contributed by atoms with E-state index in [4.69, 9.17) is 4.74 Å². The number of nitrogens with one attached hydrogen (secondary N) is 2. The first kappa shape index (κ1) is 24.3. The molecular weight excluding hydrogens is 487 g/mol. The van der Waals surface area contributed by atoms with Gasteiger partial charge in [-0.2, -0.15) is 13.2 Å². The van der Waals surface area contributed by atoms with E-state index in [0.717, 1.165) is 23.4 Å². The first-order valence-electron chi connectivity index (χ1n) is 10.4. The summed E-state index contributed by atoms with van der Waals surface area (Å²) in [5, 5.41) is 14.6. The first-order valence-corrected chi connectivity index (χ1v) is 12.2. The molecule has 3 aromatic rings. The van der Waals surface area contributed by atoms with Crippen molar-refractivity contribution in [3.8, 4) is 0 Å². The number of halogens is 3. The molecule has 12 heteroatoms. The fourth-order valence-electron chi connectivity index (χ4n) is 3.35. The van der Waals surface area contributed by atoms with E-state index >= 15 is 0 Å². The Hall–Kier alpha value is -2.83. The molecule has 7 nitrogen and oxygen atoms in total. The Bertz CT molecular complexity index is 1150. The summed E-state index contributed by atoms with van der Waals surface area (Å²) in [4.78, 5) is 14.5. The summed E-state index contributed by atoms with van der Waals surface area (Å²) in [6, 6.07) is 11.2. The van der Waals surface area contributed by atoms with Crippen LogP contribution in [0.1, 0.15) is 11.1 Å². The van der Waals surface area contributed by atoms with Crippen molar-refractivity contribution in [2.45, 2.75) is 17.4 Å². The molecule has 2 heterocycles. The molecule has 1 amide bonds. The Kier molecular flexibility index (Phi) is 7.59. The highest BCUT2D eigenvalue weighted by atomic mass is 32.2. The number of rotatable bonds is 7. The number of hydrogen-bond acceptors (Lipinski definition) is 8. The lowest BCUT2D eigenvalue weighted by molar-refractivity contribution is -0.137. The van der Waals surface area contributed by atoms with Crippen molar-refractivity contribution < 1.29 is 22.7 Å². The van der Waals surface area contributed by atoms with Crippen molar-refractivity contribution in [1.29, 1.82) is 0 Å². The van der Waals surface area contributed by atoms with Crippen molar-refractivity contribution in [2.75, 3.05) is 47.6 Å². The molecule has 0 saturated carbocycles. The maximum absolute atomic E-state index is 13.3. The number of thioether (sulfide) groups is 1. The summed E-state index contributed by atoms with van der Waals surface area (Å²) < 4.78 is 45.7. The zero-order valence-electron chi connectivity index (χ0n) is 18.2. The van der Waals surface area contributed by atoms with Crippen molar-refractivity contribution in [3.05, 3.63) is 53.6 Å². The minimum atomic E-state index is -4.51. The average Bonchev–Trinajstić information content (AvgIpc) is 3.26. The topological polar surface area (TPSA) is 79.4 Å². The number of morpholine rings is 1. The average molecular weight is 510 g/mol. The third kappa shape index (κ3) is 6.19. The van der Waals surface area contributed by atoms with Crippen LogP contribution in [-0.4, -0.2) is 48.2 Å². The van der Waals surface area contributed by atoms with Crippen LogP contribution in [0.25, 0.3) is 0 Å². The number of carbonyl (C=O) groups excluding carboxylic acids is 1. The molecule has 1 aliphatic rings. The number of carbonyl (C=O) groups is 1. The number of anilines is 4. The van der Waals surface area contributed by atoms with Gasteiger partial charge in [0.25, 0.3) is 0 Å². The molecule has 180 valence electrons. The highest BCUT2D eigenvalue weighted by molar-refractivity contribution is 8.01. The molecule has 0 aliphatic carbocycles. The van der Waals surface area contributed by atoms with Crippen LogP contribution in [0.15, 0.2) is 46.8 Å². The normalized spacial score (nSPS) is 14.2. The number of aromatic nitrogens is 2. The molecule has 1 aromatic heterocycles. The second-order valence-corrected chi connectivity index (χ2v) is 9.68. The lowest BCUT2D eigenvalue weighted by Crippen LogP contribution is -2.37. The fourth-order valence-corrected chi connectivity index (χ4v) is 4.92. The Morgan fingerprint density at radius 3 is 2.65 bits per heavy atom. The van der Waals surface area contributed by atoms with Gasteiger partial charge in [-0.25, -0.2) is 0 Å². The van der Waals surface area contributed by atoms with Crippen molar-refractivity contribution in [1.82, 2.24) is 10.2 Å². The number of benzene rings is 2. The number of para-hydroxylation sites is 1. The number of ether oxygens (including phenoxy) is 1. The third-order valence-corrected chi connectivity index (χ3v) is 7.04. The minimum Gasteiger partial charge on any atom is -0.378 e. The van der Waals surface area contributed by atoms with E-state index in [1.54, 1.807) is 0 Å². The number of nitrogens with zero attached hydrogens (tertiary/aromatic N) is 3. The number of aryl methyl sites for hydroxylation is 1. The lowest BCUT2D eigenvalue weighted by Gasteiger charge is -2.31. The van der Waals surface area contributed by atoms with Crippen molar-refractivity contribution in [2.24, 2.45) is 0 Å². The van der Waals surface area contributed by atoms with Crippen LogP contribution in [0.3, 0.4) is 0 Å². The van der Waals surface area contributed by atoms with Gasteiger partial charge < -0.3 is 20.3 Å². The zero-order valence-corrected chi connectivity index (χ0v) is 19.8. The van der Waals surface area contributed by atoms with Gasteiger partial charge in [0, 0.05) is 18.8 Å².